The number of para-hydroxylation sites is 1. The summed E-state index contributed by atoms with van der Waals surface area (Å²) in [5, 5.41) is 10.0. The van der Waals surface area contributed by atoms with Gasteiger partial charge in [0.1, 0.15) is 24.2 Å². The monoisotopic (exact) mass is 304 g/mol. The molecular formula is C17H17ClO3. The van der Waals surface area contributed by atoms with Crippen molar-refractivity contribution in [1.82, 2.24) is 0 Å². The van der Waals surface area contributed by atoms with Crippen molar-refractivity contribution in [2.45, 2.75) is 25.6 Å². The summed E-state index contributed by atoms with van der Waals surface area (Å²) in [5.74, 6) is 1.54. The van der Waals surface area contributed by atoms with E-state index < -0.39 is 6.10 Å². The smallest absolute Gasteiger partial charge is 0.138 e. The first-order valence-electron chi connectivity index (χ1n) is 6.98. The van der Waals surface area contributed by atoms with Crippen molar-refractivity contribution in [3.05, 3.63) is 58.6 Å². The molecule has 0 saturated carbocycles. The van der Waals surface area contributed by atoms with Crippen LogP contribution in [-0.2, 0) is 6.42 Å². The first-order valence-corrected chi connectivity index (χ1v) is 7.36. The summed E-state index contributed by atoms with van der Waals surface area (Å²) in [5.41, 5.74) is 1.98. The van der Waals surface area contributed by atoms with Crippen LogP contribution in [0.4, 0.5) is 0 Å². The predicted molar refractivity (Wildman–Crippen MR) is 82.1 cm³/mol. The molecule has 0 spiro atoms. The van der Waals surface area contributed by atoms with Crippen LogP contribution in [0.1, 0.15) is 24.2 Å². The average Bonchev–Trinajstić information content (AvgIpc) is 2.88. The zero-order valence-corrected chi connectivity index (χ0v) is 12.5. The minimum absolute atomic E-state index is 0.00917. The highest BCUT2D eigenvalue weighted by molar-refractivity contribution is 6.32. The van der Waals surface area contributed by atoms with Crippen molar-refractivity contribution in [2.24, 2.45) is 0 Å². The van der Waals surface area contributed by atoms with Crippen LogP contribution in [0.3, 0.4) is 0 Å². The number of fused-ring (bicyclic) bond motifs is 1. The van der Waals surface area contributed by atoms with Crippen molar-refractivity contribution in [3.8, 4) is 11.5 Å². The van der Waals surface area contributed by atoms with E-state index in [2.05, 4.69) is 6.07 Å². The molecule has 0 saturated heterocycles. The van der Waals surface area contributed by atoms with Crippen LogP contribution in [0.15, 0.2) is 42.5 Å². The van der Waals surface area contributed by atoms with Crippen molar-refractivity contribution in [2.75, 3.05) is 6.61 Å². The molecule has 0 aliphatic carbocycles. The number of halogens is 1. The first kappa shape index (κ1) is 14.2. The maximum Gasteiger partial charge on any atom is 0.138 e. The zero-order chi connectivity index (χ0) is 14.8. The van der Waals surface area contributed by atoms with Gasteiger partial charge in [0.05, 0.1) is 11.1 Å². The molecule has 0 bridgehead atoms. The molecule has 1 aliphatic heterocycles. The summed E-state index contributed by atoms with van der Waals surface area (Å²) in [6.45, 7) is 2.15. The van der Waals surface area contributed by atoms with Gasteiger partial charge in [0.25, 0.3) is 0 Å². The van der Waals surface area contributed by atoms with Crippen LogP contribution < -0.4 is 9.47 Å². The largest absolute Gasteiger partial charge is 0.488 e. The Morgan fingerprint density at radius 1 is 1.33 bits per heavy atom. The van der Waals surface area contributed by atoms with Gasteiger partial charge in [-0.05, 0) is 36.2 Å². The Kier molecular flexibility index (Phi) is 4.04. The quantitative estimate of drug-likeness (QED) is 0.934. The molecular weight excluding hydrogens is 288 g/mol. The van der Waals surface area contributed by atoms with Crippen LogP contribution in [0.25, 0.3) is 0 Å². The van der Waals surface area contributed by atoms with Gasteiger partial charge in [0, 0.05) is 6.42 Å². The zero-order valence-electron chi connectivity index (χ0n) is 11.8. The second kappa shape index (κ2) is 5.96. The number of hydrogen-bond acceptors (Lipinski definition) is 3. The number of aliphatic hydroxyl groups excluding tert-OH is 1. The summed E-state index contributed by atoms with van der Waals surface area (Å²) in [7, 11) is 0. The molecule has 0 aromatic heterocycles. The Labute approximate surface area is 129 Å². The Balaban J connectivity index is 1.62. The van der Waals surface area contributed by atoms with E-state index in [9.17, 15) is 5.11 Å². The van der Waals surface area contributed by atoms with Gasteiger partial charge in [-0.25, -0.2) is 0 Å². The minimum Gasteiger partial charge on any atom is -0.488 e. The van der Waals surface area contributed by atoms with E-state index >= 15 is 0 Å². The van der Waals surface area contributed by atoms with Gasteiger partial charge >= 0.3 is 0 Å². The van der Waals surface area contributed by atoms with E-state index in [1.165, 1.54) is 5.56 Å². The highest BCUT2D eigenvalue weighted by Crippen LogP contribution is 2.31. The second-order valence-corrected chi connectivity index (χ2v) is 5.64. The highest BCUT2D eigenvalue weighted by atomic mass is 35.5. The predicted octanol–water partition coefficient (Wildman–Crippen LogP) is 3.78. The fraction of sp³-hybridized carbons (Fsp3) is 0.294. The van der Waals surface area contributed by atoms with Gasteiger partial charge in [0.15, 0.2) is 0 Å². The lowest BCUT2D eigenvalue weighted by Gasteiger charge is -2.14. The molecule has 4 heteroatoms. The van der Waals surface area contributed by atoms with Gasteiger partial charge in [-0.2, -0.15) is 0 Å². The molecule has 21 heavy (non-hydrogen) atoms. The van der Waals surface area contributed by atoms with Gasteiger partial charge in [0.2, 0.25) is 0 Å². The van der Waals surface area contributed by atoms with E-state index in [1.807, 2.05) is 24.3 Å². The topological polar surface area (TPSA) is 38.7 Å². The molecule has 3 nitrogen and oxygen atoms in total. The third-order valence-electron chi connectivity index (χ3n) is 3.58. The average molecular weight is 305 g/mol. The van der Waals surface area contributed by atoms with Crippen LogP contribution in [0.2, 0.25) is 5.02 Å². The van der Waals surface area contributed by atoms with Crippen molar-refractivity contribution >= 4 is 11.6 Å². The number of rotatable bonds is 4. The van der Waals surface area contributed by atoms with Gasteiger partial charge in [-0.3, -0.25) is 0 Å². The van der Waals surface area contributed by atoms with E-state index in [4.69, 9.17) is 21.1 Å². The fourth-order valence-electron chi connectivity index (χ4n) is 2.42. The lowest BCUT2D eigenvalue weighted by Crippen LogP contribution is -2.22. The van der Waals surface area contributed by atoms with Crippen molar-refractivity contribution in [3.63, 3.8) is 0 Å². The van der Waals surface area contributed by atoms with Gasteiger partial charge in [-0.15, -0.1) is 0 Å². The van der Waals surface area contributed by atoms with Crippen molar-refractivity contribution in [1.29, 1.82) is 0 Å². The molecule has 2 aromatic carbocycles. The summed E-state index contributed by atoms with van der Waals surface area (Å²) in [4.78, 5) is 0. The summed E-state index contributed by atoms with van der Waals surface area (Å²) in [6, 6.07) is 13.3. The van der Waals surface area contributed by atoms with Crippen LogP contribution >= 0.6 is 11.6 Å². The standard InChI is InChI=1S/C17H17ClO3/c1-11(19)12-6-7-17(15(18)9-12)20-10-14-8-13-4-2-3-5-16(13)21-14/h2-7,9,11,14,19H,8,10H2,1H3/t11-,14?/m1/s1. The highest BCUT2D eigenvalue weighted by Gasteiger charge is 2.23. The summed E-state index contributed by atoms with van der Waals surface area (Å²) in [6.07, 6.45) is 0.318. The maximum atomic E-state index is 9.52. The third-order valence-corrected chi connectivity index (χ3v) is 3.87. The van der Waals surface area contributed by atoms with Crippen LogP contribution in [0, 0.1) is 0 Å². The Bertz CT molecular complexity index is 615. The Morgan fingerprint density at radius 2 is 2.14 bits per heavy atom. The Morgan fingerprint density at radius 3 is 2.86 bits per heavy atom. The molecule has 1 unspecified atom stereocenters. The summed E-state index contributed by atoms with van der Waals surface area (Å²) < 4.78 is 11.6. The van der Waals surface area contributed by atoms with Crippen LogP contribution in [0.5, 0.6) is 11.5 Å². The van der Waals surface area contributed by atoms with E-state index in [1.54, 1.807) is 19.1 Å². The fourth-order valence-corrected chi connectivity index (χ4v) is 2.67. The molecule has 3 rings (SSSR count). The molecule has 1 heterocycles. The number of aliphatic hydroxyl groups is 1. The third kappa shape index (κ3) is 3.14. The molecule has 2 aromatic rings. The molecule has 1 aliphatic rings. The maximum absolute atomic E-state index is 9.52. The van der Waals surface area contributed by atoms with E-state index in [0.29, 0.717) is 17.4 Å². The Hall–Kier alpha value is -1.71. The van der Waals surface area contributed by atoms with Gasteiger partial charge < -0.3 is 14.6 Å². The first-order chi connectivity index (χ1) is 10.1. The normalized spacial score (nSPS) is 18.0. The van der Waals surface area contributed by atoms with E-state index in [0.717, 1.165) is 17.7 Å². The molecule has 1 N–H and O–H groups in total. The van der Waals surface area contributed by atoms with Gasteiger partial charge in [-0.1, -0.05) is 35.9 Å². The molecule has 0 amide bonds. The van der Waals surface area contributed by atoms with Crippen LogP contribution in [-0.4, -0.2) is 17.8 Å². The molecule has 2 atom stereocenters. The number of benzene rings is 2. The molecule has 0 fully saturated rings. The second-order valence-electron chi connectivity index (χ2n) is 5.23. The minimum atomic E-state index is -0.538. The SMILES string of the molecule is C[C@@H](O)c1ccc(OCC2Cc3ccccc3O2)c(Cl)c1. The lowest BCUT2D eigenvalue weighted by molar-refractivity contribution is 0.148. The number of ether oxygens (including phenoxy) is 2. The molecule has 0 radical (unpaired) electrons. The molecule has 110 valence electrons. The van der Waals surface area contributed by atoms with Crippen molar-refractivity contribution < 1.29 is 14.6 Å². The van der Waals surface area contributed by atoms with E-state index in [-0.39, 0.29) is 6.10 Å². The lowest BCUT2D eigenvalue weighted by atomic mass is 10.1. The summed E-state index contributed by atoms with van der Waals surface area (Å²) >= 11 is 6.17. The number of hydrogen-bond donors (Lipinski definition) is 1.